The molecular weight excluding hydrogens is 355 g/mol. The van der Waals surface area contributed by atoms with Gasteiger partial charge in [0.25, 0.3) is 0 Å². The van der Waals surface area contributed by atoms with Crippen molar-refractivity contribution in [2.75, 3.05) is 0 Å². The Morgan fingerprint density at radius 2 is 1.30 bits per heavy atom. The van der Waals surface area contributed by atoms with Gasteiger partial charge in [-0.05, 0) is 47.7 Å². The summed E-state index contributed by atoms with van der Waals surface area (Å²) in [5.74, 6) is 2.08. The molecule has 0 unspecified atom stereocenters. The van der Waals surface area contributed by atoms with E-state index >= 15 is 0 Å². The fraction of sp³-hybridized carbons (Fsp3) is 0.478. The normalized spacial score (nSPS) is 21.4. The Kier molecular flexibility index (Phi) is 6.78. The highest BCUT2D eigenvalue weighted by Crippen LogP contribution is 2.42. The van der Waals surface area contributed by atoms with Crippen LogP contribution in [-0.4, -0.2) is 4.89 Å². The molecule has 146 valence electrons. The Morgan fingerprint density at radius 3 is 1.78 bits per heavy atom. The molecule has 4 heteroatoms. The topological polar surface area (TPSA) is 38.7 Å². The highest BCUT2D eigenvalue weighted by molar-refractivity contribution is 7.41. The molecule has 4 heterocycles. The van der Waals surface area contributed by atoms with Gasteiger partial charge in [-0.2, -0.15) is 0 Å². The molecule has 27 heavy (non-hydrogen) atoms. The second kappa shape index (κ2) is 9.08. The van der Waals surface area contributed by atoms with Gasteiger partial charge in [0.1, 0.15) is 11.5 Å². The molecule has 0 saturated heterocycles. The van der Waals surface area contributed by atoms with Crippen LogP contribution in [0.2, 0.25) is 0 Å². The highest BCUT2D eigenvalue weighted by atomic mass is 31.2. The molecule has 0 aromatic heterocycles. The lowest BCUT2D eigenvalue weighted by molar-refractivity contribution is 0.380. The van der Waals surface area contributed by atoms with E-state index in [-0.39, 0.29) is 5.41 Å². The van der Waals surface area contributed by atoms with Gasteiger partial charge in [0.05, 0.1) is 0 Å². The summed E-state index contributed by atoms with van der Waals surface area (Å²) in [6, 6.07) is 16.2. The van der Waals surface area contributed by atoms with E-state index in [0.29, 0.717) is 11.5 Å². The van der Waals surface area contributed by atoms with Crippen LogP contribution in [0, 0.1) is 5.92 Å². The molecule has 2 aromatic carbocycles. The van der Waals surface area contributed by atoms with Crippen molar-refractivity contribution in [1.29, 1.82) is 0 Å². The zero-order valence-electron chi connectivity index (χ0n) is 16.6. The van der Waals surface area contributed by atoms with E-state index in [4.69, 9.17) is 9.05 Å². The Labute approximate surface area is 164 Å². The smallest absolute Gasteiger partial charge is 0.418 e. The van der Waals surface area contributed by atoms with E-state index in [9.17, 15) is 4.89 Å². The van der Waals surface area contributed by atoms with Crippen molar-refractivity contribution in [2.24, 2.45) is 5.92 Å². The van der Waals surface area contributed by atoms with E-state index in [0.717, 1.165) is 12.3 Å². The van der Waals surface area contributed by atoms with Crippen molar-refractivity contribution in [2.45, 2.75) is 64.7 Å². The summed E-state index contributed by atoms with van der Waals surface area (Å²) >= 11 is 0. The van der Waals surface area contributed by atoms with Gasteiger partial charge in [0.2, 0.25) is 0 Å². The van der Waals surface area contributed by atoms with Crippen LogP contribution in [-0.2, 0) is 5.41 Å². The first kappa shape index (κ1) is 20.2. The standard InChI is InChI=1S/C23H31O3P/c1-18(2)8-6-4-5-7-17-23(3)19-9-13-21(14-10-19)25-27(24)26-22-15-11-20(23)12-16-22/h9-16,18,24H,4-8,17H2,1-3H3. The third kappa shape index (κ3) is 5.24. The number of benzene rings is 2. The molecule has 0 spiro atoms. The molecule has 0 amide bonds. The van der Waals surface area contributed by atoms with Crippen molar-refractivity contribution in [3.8, 4) is 11.5 Å². The second-order valence-corrected chi connectivity index (χ2v) is 8.99. The van der Waals surface area contributed by atoms with Gasteiger partial charge >= 0.3 is 8.60 Å². The van der Waals surface area contributed by atoms with Gasteiger partial charge in [-0.3, -0.25) is 0 Å². The first-order valence-electron chi connectivity index (χ1n) is 10.0. The predicted molar refractivity (Wildman–Crippen MR) is 112 cm³/mol. The quantitative estimate of drug-likeness (QED) is 0.412. The van der Waals surface area contributed by atoms with Crippen molar-refractivity contribution >= 4 is 8.60 Å². The molecule has 1 N–H and O–H groups in total. The summed E-state index contributed by atoms with van der Waals surface area (Å²) in [5, 5.41) is 0. The molecule has 0 atom stereocenters. The molecule has 0 fully saturated rings. The lowest BCUT2D eigenvalue weighted by Gasteiger charge is -2.32. The third-order valence-corrected chi connectivity index (χ3v) is 6.29. The fourth-order valence-electron chi connectivity index (χ4n) is 3.81. The minimum Gasteiger partial charge on any atom is -0.418 e. The summed E-state index contributed by atoms with van der Waals surface area (Å²) in [4.78, 5) is 9.98. The maximum atomic E-state index is 9.98. The molecule has 2 aromatic rings. The molecular formula is C23H31O3P. The van der Waals surface area contributed by atoms with Gasteiger partial charge in [0, 0.05) is 5.41 Å². The lowest BCUT2D eigenvalue weighted by Crippen LogP contribution is -2.23. The van der Waals surface area contributed by atoms with Crippen LogP contribution >= 0.6 is 8.60 Å². The minimum absolute atomic E-state index is 0.0434. The van der Waals surface area contributed by atoms with Gasteiger partial charge in [0.15, 0.2) is 0 Å². The number of hydrogen-bond acceptors (Lipinski definition) is 3. The van der Waals surface area contributed by atoms with Crippen LogP contribution in [0.3, 0.4) is 0 Å². The SMILES string of the molecule is CC(C)CCCCCCC1(C)c2ccc(cc2)OP(O)Oc2ccc1cc2. The summed E-state index contributed by atoms with van der Waals surface area (Å²) in [7, 11) is -1.97. The molecule has 4 aliphatic rings. The summed E-state index contributed by atoms with van der Waals surface area (Å²) in [6.45, 7) is 6.93. The molecule has 6 rings (SSSR count). The molecule has 0 radical (unpaired) electrons. The van der Waals surface area contributed by atoms with Crippen LogP contribution in [0.1, 0.15) is 70.4 Å². The van der Waals surface area contributed by atoms with E-state index in [1.807, 2.05) is 24.3 Å². The van der Waals surface area contributed by atoms with Crippen LogP contribution < -0.4 is 9.05 Å². The first-order valence-corrected chi connectivity index (χ1v) is 11.2. The number of unbranched alkanes of at least 4 members (excludes halogenated alkanes) is 3. The van der Waals surface area contributed by atoms with E-state index < -0.39 is 8.60 Å². The average Bonchev–Trinajstić information content (AvgIpc) is 2.64. The van der Waals surface area contributed by atoms with Crippen molar-refractivity contribution in [3.63, 3.8) is 0 Å². The summed E-state index contributed by atoms with van der Waals surface area (Å²) in [6.07, 6.45) is 7.58. The second-order valence-electron chi connectivity index (χ2n) is 8.15. The summed E-state index contributed by atoms with van der Waals surface area (Å²) < 4.78 is 11.0. The van der Waals surface area contributed by atoms with Gasteiger partial charge in [-0.25, -0.2) is 0 Å². The minimum atomic E-state index is -1.97. The number of hydrogen-bond donors (Lipinski definition) is 1. The van der Waals surface area contributed by atoms with Crippen LogP contribution in [0.4, 0.5) is 0 Å². The maximum absolute atomic E-state index is 9.98. The van der Waals surface area contributed by atoms with E-state index in [2.05, 4.69) is 45.0 Å². The van der Waals surface area contributed by atoms with Gasteiger partial charge in [-0.1, -0.05) is 77.1 Å². The van der Waals surface area contributed by atoms with Crippen LogP contribution in [0.15, 0.2) is 48.5 Å². The van der Waals surface area contributed by atoms with Gasteiger partial charge in [-0.15, -0.1) is 0 Å². The first-order chi connectivity index (χ1) is 13.0. The van der Waals surface area contributed by atoms with Crippen molar-refractivity contribution < 1.29 is 13.9 Å². The Hall–Kier alpha value is -1.57. The monoisotopic (exact) mass is 386 g/mol. The molecule has 3 nitrogen and oxygen atoms in total. The average molecular weight is 386 g/mol. The van der Waals surface area contributed by atoms with Gasteiger partial charge < -0.3 is 13.9 Å². The molecule has 0 aliphatic carbocycles. The Morgan fingerprint density at radius 1 is 0.815 bits per heavy atom. The zero-order chi connectivity index (χ0) is 19.3. The zero-order valence-corrected chi connectivity index (χ0v) is 17.5. The maximum Gasteiger partial charge on any atom is 0.460 e. The summed E-state index contributed by atoms with van der Waals surface area (Å²) in [5.41, 5.74) is 2.53. The number of rotatable bonds is 7. The van der Waals surface area contributed by atoms with Crippen LogP contribution in [0.25, 0.3) is 0 Å². The van der Waals surface area contributed by atoms with E-state index in [1.165, 1.54) is 43.2 Å². The predicted octanol–water partition coefficient (Wildman–Crippen LogP) is 6.98. The van der Waals surface area contributed by atoms with Crippen molar-refractivity contribution in [1.82, 2.24) is 0 Å². The lowest BCUT2D eigenvalue weighted by atomic mass is 9.72. The third-order valence-electron chi connectivity index (χ3n) is 5.56. The largest absolute Gasteiger partial charge is 0.460 e. The van der Waals surface area contributed by atoms with E-state index in [1.54, 1.807) is 0 Å². The Bertz CT molecular complexity index is 660. The molecule has 4 bridgehead atoms. The highest BCUT2D eigenvalue weighted by Gasteiger charge is 2.29. The Balaban J connectivity index is 1.78. The molecule has 0 saturated carbocycles. The van der Waals surface area contributed by atoms with Crippen molar-refractivity contribution in [3.05, 3.63) is 59.7 Å². The fourth-order valence-corrected chi connectivity index (χ4v) is 4.45. The molecule has 4 aliphatic heterocycles. The van der Waals surface area contributed by atoms with Crippen LogP contribution in [0.5, 0.6) is 11.5 Å².